The number of aromatic nitrogens is 2. The highest BCUT2D eigenvalue weighted by atomic mass is 16.5. The van der Waals surface area contributed by atoms with E-state index in [9.17, 15) is 0 Å². The fraction of sp³-hybridized carbons (Fsp3) is 0.0556. The Morgan fingerprint density at radius 2 is 1.84 bits per heavy atom. The van der Waals surface area contributed by atoms with Crippen LogP contribution < -0.4 is 21.5 Å². The van der Waals surface area contributed by atoms with Crippen molar-refractivity contribution in [3.8, 4) is 17.0 Å². The Hall–Kier alpha value is -3.61. The number of hydrogen-bond donors (Lipinski definition) is 4. The van der Waals surface area contributed by atoms with Crippen LogP contribution in [0.1, 0.15) is 0 Å². The normalized spacial score (nSPS) is 11.8. The van der Waals surface area contributed by atoms with Crippen molar-refractivity contribution in [1.82, 2.24) is 10.1 Å². The second-order valence-corrected chi connectivity index (χ2v) is 5.49. The highest BCUT2D eigenvalue weighted by molar-refractivity contribution is 5.99. The van der Waals surface area contributed by atoms with Crippen LogP contribution in [0.5, 0.6) is 5.75 Å². The minimum Gasteiger partial charge on any atom is -0.497 e. The van der Waals surface area contributed by atoms with Crippen molar-refractivity contribution in [3.05, 3.63) is 60.2 Å². The van der Waals surface area contributed by atoms with Crippen molar-refractivity contribution < 1.29 is 9.26 Å². The van der Waals surface area contributed by atoms with Crippen LogP contribution in [0.2, 0.25) is 0 Å². The van der Waals surface area contributed by atoms with E-state index in [2.05, 4.69) is 20.7 Å². The first-order chi connectivity index (χ1) is 12.3. The molecule has 7 heteroatoms. The van der Waals surface area contributed by atoms with Crippen LogP contribution in [0.3, 0.4) is 0 Å². The zero-order valence-corrected chi connectivity index (χ0v) is 13.5. The SMILES string of the molecule is COc1ccc(-c2[nH]c(N)c3[nH]oc(=NNc4ccccc4)c23)cc1. The Labute approximate surface area is 143 Å². The lowest BCUT2D eigenvalue weighted by Crippen LogP contribution is -2.03. The Balaban J connectivity index is 1.81. The third-order valence-corrected chi connectivity index (χ3v) is 3.93. The Bertz CT molecular complexity index is 1060. The average Bonchev–Trinajstić information content (AvgIpc) is 3.22. The van der Waals surface area contributed by atoms with E-state index in [1.54, 1.807) is 7.11 Å². The number of fused-ring (bicyclic) bond motifs is 1. The molecule has 2 aromatic heterocycles. The summed E-state index contributed by atoms with van der Waals surface area (Å²) >= 11 is 0. The molecule has 0 saturated heterocycles. The molecule has 2 aromatic carbocycles. The van der Waals surface area contributed by atoms with Gasteiger partial charge in [-0.1, -0.05) is 18.2 Å². The molecule has 0 saturated carbocycles. The zero-order chi connectivity index (χ0) is 17.2. The minimum atomic E-state index is 0.414. The van der Waals surface area contributed by atoms with E-state index in [-0.39, 0.29) is 0 Å². The quantitative estimate of drug-likeness (QED) is 0.430. The Morgan fingerprint density at radius 3 is 2.56 bits per heavy atom. The molecule has 0 aliphatic rings. The first kappa shape index (κ1) is 14.9. The van der Waals surface area contributed by atoms with Gasteiger partial charge in [-0.25, -0.2) is 5.16 Å². The van der Waals surface area contributed by atoms with Gasteiger partial charge in [-0.15, -0.1) is 5.10 Å². The van der Waals surface area contributed by atoms with E-state index in [1.807, 2.05) is 54.6 Å². The number of rotatable bonds is 4. The van der Waals surface area contributed by atoms with E-state index in [4.69, 9.17) is 15.0 Å². The summed E-state index contributed by atoms with van der Waals surface area (Å²) in [5.74, 6) is 1.28. The van der Waals surface area contributed by atoms with E-state index < -0.39 is 0 Å². The number of nitrogens with two attached hydrogens (primary N) is 1. The third-order valence-electron chi connectivity index (χ3n) is 3.93. The number of anilines is 2. The van der Waals surface area contributed by atoms with Gasteiger partial charge in [-0.05, 0) is 42.0 Å². The maximum Gasteiger partial charge on any atom is 0.274 e. The van der Waals surface area contributed by atoms with Gasteiger partial charge in [-0.3, -0.25) is 5.43 Å². The maximum atomic E-state index is 6.06. The number of nitrogens with one attached hydrogen (secondary N) is 3. The van der Waals surface area contributed by atoms with Crippen LogP contribution in [0.4, 0.5) is 11.5 Å². The van der Waals surface area contributed by atoms with Crippen LogP contribution in [-0.4, -0.2) is 17.3 Å². The van der Waals surface area contributed by atoms with Gasteiger partial charge in [0.1, 0.15) is 17.1 Å². The number of hydrogen-bond acceptors (Lipinski definition) is 5. The summed E-state index contributed by atoms with van der Waals surface area (Å²) in [5, 5.41) is 7.95. The predicted octanol–water partition coefficient (Wildman–Crippen LogP) is 3.27. The number of ether oxygens (including phenoxy) is 1. The summed E-state index contributed by atoms with van der Waals surface area (Å²) in [5.41, 5.74) is 12.8. The summed E-state index contributed by atoms with van der Waals surface area (Å²) < 4.78 is 10.7. The van der Waals surface area contributed by atoms with Crippen molar-refractivity contribution in [1.29, 1.82) is 0 Å². The molecule has 25 heavy (non-hydrogen) atoms. The van der Waals surface area contributed by atoms with Crippen LogP contribution in [-0.2, 0) is 0 Å². The molecule has 0 unspecified atom stereocenters. The second kappa shape index (κ2) is 6.12. The molecule has 126 valence electrons. The average molecular weight is 335 g/mol. The van der Waals surface area contributed by atoms with Crippen molar-refractivity contribution in [2.75, 3.05) is 18.3 Å². The summed E-state index contributed by atoms with van der Waals surface area (Å²) in [6, 6.07) is 17.3. The topological polar surface area (TPSA) is 104 Å². The lowest BCUT2D eigenvalue weighted by Gasteiger charge is -2.02. The lowest BCUT2D eigenvalue weighted by molar-refractivity contribution is 0.388. The molecule has 0 aliphatic carbocycles. The van der Waals surface area contributed by atoms with Crippen molar-refractivity contribution >= 4 is 22.4 Å². The van der Waals surface area contributed by atoms with Crippen molar-refractivity contribution in [2.45, 2.75) is 0 Å². The van der Waals surface area contributed by atoms with Gasteiger partial charge in [0.15, 0.2) is 0 Å². The molecule has 4 rings (SSSR count). The standard InChI is InChI=1S/C18H17N5O2/c1-24-13-9-7-11(8-10-13)15-14-16(17(19)20-15)23-25-18(14)22-21-12-5-3-2-4-6-12/h2-10,20-21,23H,19H2,1H3. The molecular weight excluding hydrogens is 318 g/mol. The highest BCUT2D eigenvalue weighted by Gasteiger charge is 2.16. The molecule has 0 amide bonds. The van der Waals surface area contributed by atoms with E-state index in [0.717, 1.165) is 28.1 Å². The van der Waals surface area contributed by atoms with Gasteiger partial charge < -0.3 is 20.0 Å². The van der Waals surface area contributed by atoms with E-state index >= 15 is 0 Å². The molecule has 0 fully saturated rings. The van der Waals surface area contributed by atoms with Gasteiger partial charge in [0.25, 0.3) is 5.55 Å². The molecule has 5 N–H and O–H groups in total. The second-order valence-electron chi connectivity index (χ2n) is 5.49. The highest BCUT2D eigenvalue weighted by Crippen LogP contribution is 2.30. The van der Waals surface area contributed by atoms with Gasteiger partial charge in [0.05, 0.1) is 23.9 Å². The number of methoxy groups -OCH3 is 1. The number of aromatic amines is 2. The van der Waals surface area contributed by atoms with Gasteiger partial charge in [0.2, 0.25) is 0 Å². The molecule has 0 aliphatic heterocycles. The van der Waals surface area contributed by atoms with Crippen molar-refractivity contribution in [3.63, 3.8) is 0 Å². The summed E-state index contributed by atoms with van der Waals surface area (Å²) in [4.78, 5) is 3.18. The zero-order valence-electron chi connectivity index (χ0n) is 13.5. The largest absolute Gasteiger partial charge is 0.497 e. The van der Waals surface area contributed by atoms with E-state index in [1.165, 1.54) is 0 Å². The van der Waals surface area contributed by atoms with Gasteiger partial charge in [-0.2, -0.15) is 0 Å². The molecule has 4 aromatic rings. The number of H-pyrrole nitrogens is 2. The smallest absolute Gasteiger partial charge is 0.274 e. The molecule has 0 radical (unpaired) electrons. The monoisotopic (exact) mass is 335 g/mol. The lowest BCUT2D eigenvalue weighted by atomic mass is 10.1. The predicted molar refractivity (Wildman–Crippen MR) is 96.9 cm³/mol. The summed E-state index contributed by atoms with van der Waals surface area (Å²) in [6.45, 7) is 0. The maximum absolute atomic E-state index is 6.06. The van der Waals surface area contributed by atoms with Gasteiger partial charge in [0, 0.05) is 0 Å². The molecule has 7 nitrogen and oxygen atoms in total. The number of nitrogens with zero attached hydrogens (tertiary/aromatic N) is 1. The summed E-state index contributed by atoms with van der Waals surface area (Å²) in [6.07, 6.45) is 0. The number of para-hydroxylation sites is 1. The molecular formula is C18H17N5O2. The fourth-order valence-corrected chi connectivity index (χ4v) is 2.67. The van der Waals surface area contributed by atoms with Crippen LogP contribution in [0, 0.1) is 0 Å². The molecule has 0 spiro atoms. The van der Waals surface area contributed by atoms with Crippen molar-refractivity contribution in [2.24, 2.45) is 5.10 Å². The first-order valence-electron chi connectivity index (χ1n) is 7.74. The van der Waals surface area contributed by atoms with Gasteiger partial charge >= 0.3 is 0 Å². The fourth-order valence-electron chi connectivity index (χ4n) is 2.67. The molecule has 2 heterocycles. The Morgan fingerprint density at radius 1 is 1.08 bits per heavy atom. The molecule has 0 atom stereocenters. The van der Waals surface area contributed by atoms with E-state index in [0.29, 0.717) is 16.9 Å². The van der Waals surface area contributed by atoms with Crippen LogP contribution >= 0.6 is 0 Å². The number of benzene rings is 2. The third kappa shape index (κ3) is 2.72. The van der Waals surface area contributed by atoms with Crippen LogP contribution in [0.15, 0.2) is 64.2 Å². The first-order valence-corrected chi connectivity index (χ1v) is 7.74. The Kier molecular flexibility index (Phi) is 3.66. The summed E-state index contributed by atoms with van der Waals surface area (Å²) in [7, 11) is 1.64. The van der Waals surface area contributed by atoms with Crippen LogP contribution in [0.25, 0.3) is 22.2 Å². The molecule has 0 bridgehead atoms. The number of nitrogen functional groups attached to an aromatic ring is 1. The minimum absolute atomic E-state index is 0.414.